The quantitative estimate of drug-likeness (QED) is 0.737. The van der Waals surface area contributed by atoms with Crippen LogP contribution in [0.2, 0.25) is 0 Å². The molecule has 0 aliphatic heterocycles. The van der Waals surface area contributed by atoms with Gasteiger partial charge in [0.1, 0.15) is 0 Å². The molecule has 2 nitrogen and oxygen atoms in total. The Hall–Kier alpha value is -1.36. The summed E-state index contributed by atoms with van der Waals surface area (Å²) in [5.41, 5.74) is 2.85. The molecule has 0 radical (unpaired) electrons. The molecule has 20 heavy (non-hydrogen) atoms. The van der Waals surface area contributed by atoms with Gasteiger partial charge in [-0.15, -0.1) is 0 Å². The lowest BCUT2D eigenvalue weighted by atomic mass is 10.1. The zero-order chi connectivity index (χ0) is 14.4. The van der Waals surface area contributed by atoms with Crippen molar-refractivity contribution in [1.29, 1.82) is 0 Å². The van der Waals surface area contributed by atoms with Gasteiger partial charge in [0.25, 0.3) is 5.91 Å². The van der Waals surface area contributed by atoms with Crippen molar-refractivity contribution in [3.8, 4) is 0 Å². The first-order chi connectivity index (χ1) is 9.69. The number of hydrogen-bond donors (Lipinski definition) is 1. The molecule has 104 valence electrons. The molecule has 0 bridgehead atoms. The van der Waals surface area contributed by atoms with Gasteiger partial charge >= 0.3 is 0 Å². The number of carbonyl (C=O) groups is 1. The molecular weight excluding hydrogens is 361 g/mol. The Labute approximate surface area is 133 Å². The summed E-state index contributed by atoms with van der Waals surface area (Å²) in [4.78, 5) is 12.1. The van der Waals surface area contributed by atoms with E-state index in [1.54, 1.807) is 0 Å². The number of unbranched alkanes of at least 4 members (excludes halogenated alkanes) is 1. The molecule has 3 heteroatoms. The monoisotopic (exact) mass is 379 g/mol. The highest BCUT2D eigenvalue weighted by Crippen LogP contribution is 2.14. The van der Waals surface area contributed by atoms with Gasteiger partial charge in [0.05, 0.1) is 0 Å². The van der Waals surface area contributed by atoms with Crippen LogP contribution in [0, 0.1) is 3.57 Å². The minimum atomic E-state index is -0.0650. The normalized spacial score (nSPS) is 10.3. The summed E-state index contributed by atoms with van der Waals surface area (Å²) >= 11 is 2.21. The number of nitrogens with one attached hydrogen (secondary N) is 1. The molecule has 0 saturated carbocycles. The van der Waals surface area contributed by atoms with E-state index in [0.717, 1.165) is 15.7 Å². The summed E-state index contributed by atoms with van der Waals surface area (Å²) in [6, 6.07) is 15.7. The molecule has 0 aromatic heterocycles. The fraction of sp³-hybridized carbons (Fsp3) is 0.235. The summed E-state index contributed by atoms with van der Waals surface area (Å²) < 4.78 is 1.06. The van der Waals surface area contributed by atoms with Crippen LogP contribution in [0.5, 0.6) is 0 Å². The highest BCUT2D eigenvalue weighted by atomic mass is 127. The number of aryl methyl sites for hydroxylation is 1. The van der Waals surface area contributed by atoms with Gasteiger partial charge in [-0.05, 0) is 71.3 Å². The smallest absolute Gasteiger partial charge is 0.255 e. The van der Waals surface area contributed by atoms with Gasteiger partial charge in [0.15, 0.2) is 0 Å². The molecule has 0 spiro atoms. The highest BCUT2D eigenvalue weighted by molar-refractivity contribution is 14.1. The summed E-state index contributed by atoms with van der Waals surface area (Å²) in [6.07, 6.45) is 3.50. The van der Waals surface area contributed by atoms with Crippen molar-refractivity contribution in [2.24, 2.45) is 0 Å². The predicted octanol–water partition coefficient (Wildman–Crippen LogP) is 4.89. The topological polar surface area (TPSA) is 29.1 Å². The maximum atomic E-state index is 12.1. The SMILES string of the molecule is CCCCc1ccc(NC(=O)c2cccc(I)c2)cc1. The number of benzene rings is 2. The molecular formula is C17H18INO. The number of rotatable bonds is 5. The molecule has 2 aromatic rings. The summed E-state index contributed by atoms with van der Waals surface area (Å²) in [7, 11) is 0. The molecule has 0 fully saturated rings. The molecule has 0 heterocycles. The predicted molar refractivity (Wildman–Crippen MR) is 92.2 cm³/mol. The Morgan fingerprint density at radius 2 is 1.90 bits per heavy atom. The van der Waals surface area contributed by atoms with E-state index in [9.17, 15) is 4.79 Å². The maximum Gasteiger partial charge on any atom is 0.255 e. The zero-order valence-corrected chi connectivity index (χ0v) is 13.7. The highest BCUT2D eigenvalue weighted by Gasteiger charge is 2.06. The third-order valence-corrected chi connectivity index (χ3v) is 3.79. The lowest BCUT2D eigenvalue weighted by Gasteiger charge is -2.07. The third kappa shape index (κ3) is 4.34. The Bertz CT molecular complexity index is 578. The van der Waals surface area contributed by atoms with Crippen molar-refractivity contribution >= 4 is 34.2 Å². The number of halogens is 1. The van der Waals surface area contributed by atoms with Gasteiger partial charge in [-0.3, -0.25) is 4.79 Å². The Morgan fingerprint density at radius 3 is 2.55 bits per heavy atom. The first kappa shape index (κ1) is 15.0. The van der Waals surface area contributed by atoms with Gasteiger partial charge < -0.3 is 5.32 Å². The summed E-state index contributed by atoms with van der Waals surface area (Å²) in [5, 5.41) is 2.93. The molecule has 1 N–H and O–H groups in total. The number of hydrogen-bond acceptors (Lipinski definition) is 1. The van der Waals surface area contributed by atoms with Crippen molar-refractivity contribution in [3.05, 3.63) is 63.2 Å². The second-order valence-corrected chi connectivity index (χ2v) is 6.01. The van der Waals surface area contributed by atoms with E-state index < -0.39 is 0 Å². The standard InChI is InChI=1S/C17H18INO/c1-2-3-5-13-8-10-16(11-9-13)19-17(20)14-6-4-7-15(18)12-14/h4,6-12H,2-3,5H2,1H3,(H,19,20). The van der Waals surface area contributed by atoms with Gasteiger partial charge in [-0.1, -0.05) is 31.5 Å². The van der Waals surface area contributed by atoms with Crippen LogP contribution in [0.1, 0.15) is 35.7 Å². The van der Waals surface area contributed by atoms with E-state index in [2.05, 4.69) is 47.0 Å². The average Bonchev–Trinajstić information content (AvgIpc) is 2.46. The van der Waals surface area contributed by atoms with Gasteiger partial charge in [0.2, 0.25) is 0 Å². The molecule has 0 aliphatic rings. The molecule has 2 rings (SSSR count). The van der Waals surface area contributed by atoms with Crippen LogP contribution >= 0.6 is 22.6 Å². The molecule has 0 unspecified atom stereocenters. The third-order valence-electron chi connectivity index (χ3n) is 3.12. The van der Waals surface area contributed by atoms with Crippen LogP contribution in [0.4, 0.5) is 5.69 Å². The average molecular weight is 379 g/mol. The zero-order valence-electron chi connectivity index (χ0n) is 11.5. The number of carbonyl (C=O) groups excluding carboxylic acids is 1. The second kappa shape index (κ2) is 7.43. The Morgan fingerprint density at radius 1 is 1.15 bits per heavy atom. The van der Waals surface area contributed by atoms with Crippen LogP contribution in [0.25, 0.3) is 0 Å². The van der Waals surface area contributed by atoms with Gasteiger partial charge in [-0.25, -0.2) is 0 Å². The minimum absolute atomic E-state index is 0.0650. The molecule has 0 atom stereocenters. The number of amides is 1. The maximum absolute atomic E-state index is 12.1. The van der Waals surface area contributed by atoms with Gasteiger partial charge in [0, 0.05) is 14.8 Å². The molecule has 0 aliphatic carbocycles. The minimum Gasteiger partial charge on any atom is -0.322 e. The van der Waals surface area contributed by atoms with E-state index in [4.69, 9.17) is 0 Å². The van der Waals surface area contributed by atoms with Crippen LogP contribution in [-0.4, -0.2) is 5.91 Å². The van der Waals surface area contributed by atoms with Crippen molar-refractivity contribution in [2.45, 2.75) is 26.2 Å². The molecule has 1 amide bonds. The lowest BCUT2D eigenvalue weighted by Crippen LogP contribution is -2.11. The van der Waals surface area contributed by atoms with Gasteiger partial charge in [-0.2, -0.15) is 0 Å². The van der Waals surface area contributed by atoms with Crippen molar-refractivity contribution in [3.63, 3.8) is 0 Å². The molecule has 0 saturated heterocycles. The van der Waals surface area contributed by atoms with E-state index in [0.29, 0.717) is 5.56 Å². The van der Waals surface area contributed by atoms with Crippen LogP contribution in [0.3, 0.4) is 0 Å². The first-order valence-electron chi connectivity index (χ1n) is 6.85. The van der Waals surface area contributed by atoms with E-state index >= 15 is 0 Å². The lowest BCUT2D eigenvalue weighted by molar-refractivity contribution is 0.102. The molecule has 2 aromatic carbocycles. The Kier molecular flexibility index (Phi) is 5.59. The summed E-state index contributed by atoms with van der Waals surface area (Å²) in [5.74, 6) is -0.0650. The van der Waals surface area contributed by atoms with Crippen LogP contribution in [0.15, 0.2) is 48.5 Å². The van der Waals surface area contributed by atoms with E-state index in [1.807, 2.05) is 36.4 Å². The largest absolute Gasteiger partial charge is 0.322 e. The van der Waals surface area contributed by atoms with Crippen molar-refractivity contribution in [1.82, 2.24) is 0 Å². The number of anilines is 1. The first-order valence-corrected chi connectivity index (χ1v) is 7.93. The fourth-order valence-corrected chi connectivity index (χ4v) is 2.51. The van der Waals surface area contributed by atoms with Crippen molar-refractivity contribution in [2.75, 3.05) is 5.32 Å². The Balaban J connectivity index is 2.01. The van der Waals surface area contributed by atoms with Crippen LogP contribution in [-0.2, 0) is 6.42 Å². The van der Waals surface area contributed by atoms with E-state index in [1.165, 1.54) is 18.4 Å². The summed E-state index contributed by atoms with van der Waals surface area (Å²) in [6.45, 7) is 2.19. The van der Waals surface area contributed by atoms with Crippen molar-refractivity contribution < 1.29 is 4.79 Å². The second-order valence-electron chi connectivity index (χ2n) is 4.76. The van der Waals surface area contributed by atoms with E-state index in [-0.39, 0.29) is 5.91 Å². The fourth-order valence-electron chi connectivity index (χ4n) is 1.97. The van der Waals surface area contributed by atoms with Crippen LogP contribution < -0.4 is 5.32 Å².